The van der Waals surface area contributed by atoms with Crippen molar-refractivity contribution in [1.29, 1.82) is 0 Å². The van der Waals surface area contributed by atoms with Crippen molar-refractivity contribution in [3.8, 4) is 28.6 Å². The number of benzene rings is 3. The van der Waals surface area contributed by atoms with E-state index in [-0.39, 0.29) is 6.04 Å². The highest BCUT2D eigenvalue weighted by Gasteiger charge is 2.25. The summed E-state index contributed by atoms with van der Waals surface area (Å²) in [7, 11) is 0. The first-order chi connectivity index (χ1) is 20.1. The summed E-state index contributed by atoms with van der Waals surface area (Å²) in [5.74, 6) is 3.62. The molecule has 3 aromatic carbocycles. The van der Waals surface area contributed by atoms with E-state index in [0.29, 0.717) is 19.8 Å². The number of rotatable bonds is 13. The Bertz CT molecular complexity index is 1420. The average molecular weight is 554 g/mol. The zero-order chi connectivity index (χ0) is 28.6. The van der Waals surface area contributed by atoms with Gasteiger partial charge in [0, 0.05) is 31.2 Å². The summed E-state index contributed by atoms with van der Waals surface area (Å²) in [6, 6.07) is 25.6. The largest absolute Gasteiger partial charge is 0.494 e. The van der Waals surface area contributed by atoms with Crippen LogP contribution in [0.1, 0.15) is 69.1 Å². The van der Waals surface area contributed by atoms with E-state index in [1.165, 1.54) is 28.1 Å². The molecule has 216 valence electrons. The Balaban J connectivity index is 1.55. The second-order valence-electron chi connectivity index (χ2n) is 10.6. The molecule has 41 heavy (non-hydrogen) atoms. The first-order valence-corrected chi connectivity index (χ1v) is 15.1. The fraction of sp³-hybridized carbons (Fsp3) is 0.400. The van der Waals surface area contributed by atoms with Gasteiger partial charge in [-0.3, -0.25) is 4.90 Å². The van der Waals surface area contributed by atoms with Crippen LogP contribution < -0.4 is 14.2 Å². The van der Waals surface area contributed by atoms with Gasteiger partial charge in [-0.25, -0.2) is 4.98 Å². The number of hydrogen-bond acceptors (Lipinski definition) is 5. The van der Waals surface area contributed by atoms with Crippen molar-refractivity contribution in [3.05, 3.63) is 95.3 Å². The molecule has 0 N–H and O–H groups in total. The molecule has 5 rings (SSSR count). The Morgan fingerprint density at radius 2 is 1.71 bits per heavy atom. The number of nitrogens with zero attached hydrogens (tertiary/aromatic N) is 3. The van der Waals surface area contributed by atoms with E-state index < -0.39 is 0 Å². The highest BCUT2D eigenvalue weighted by atomic mass is 16.6. The van der Waals surface area contributed by atoms with Crippen molar-refractivity contribution in [2.24, 2.45) is 0 Å². The van der Waals surface area contributed by atoms with E-state index in [1.807, 2.05) is 19.1 Å². The third kappa shape index (κ3) is 6.76. The van der Waals surface area contributed by atoms with E-state index in [0.717, 1.165) is 62.0 Å². The minimum atomic E-state index is 0.126. The van der Waals surface area contributed by atoms with Crippen LogP contribution in [0, 0.1) is 0 Å². The van der Waals surface area contributed by atoms with Crippen LogP contribution in [-0.4, -0.2) is 34.3 Å². The molecule has 0 saturated heterocycles. The molecule has 1 aromatic heterocycles. The maximum Gasteiger partial charge on any atom is 0.161 e. The van der Waals surface area contributed by atoms with Crippen LogP contribution in [0.2, 0.25) is 0 Å². The Morgan fingerprint density at radius 3 is 2.46 bits per heavy atom. The fourth-order valence-electron chi connectivity index (χ4n) is 5.55. The fourth-order valence-corrected chi connectivity index (χ4v) is 5.55. The van der Waals surface area contributed by atoms with Gasteiger partial charge in [0.15, 0.2) is 11.5 Å². The minimum absolute atomic E-state index is 0.126. The summed E-state index contributed by atoms with van der Waals surface area (Å²) in [6.07, 6.45) is 3.13. The summed E-state index contributed by atoms with van der Waals surface area (Å²) in [5.41, 5.74) is 6.06. The van der Waals surface area contributed by atoms with Gasteiger partial charge < -0.3 is 18.8 Å². The van der Waals surface area contributed by atoms with Gasteiger partial charge in [-0.05, 0) is 62.1 Å². The van der Waals surface area contributed by atoms with Gasteiger partial charge in [-0.1, -0.05) is 68.8 Å². The topological polar surface area (TPSA) is 48.8 Å². The summed E-state index contributed by atoms with van der Waals surface area (Å²) in [5, 5.41) is 0. The third-order valence-electron chi connectivity index (χ3n) is 7.80. The number of ether oxygens (including phenoxy) is 3. The lowest BCUT2D eigenvalue weighted by Gasteiger charge is -2.31. The molecule has 0 bridgehead atoms. The van der Waals surface area contributed by atoms with Crippen LogP contribution in [0.5, 0.6) is 17.2 Å². The molecule has 0 aliphatic carbocycles. The van der Waals surface area contributed by atoms with Crippen molar-refractivity contribution < 1.29 is 14.2 Å². The molecule has 1 aliphatic rings. The lowest BCUT2D eigenvalue weighted by Crippen LogP contribution is -2.28. The van der Waals surface area contributed by atoms with Crippen LogP contribution >= 0.6 is 0 Å². The van der Waals surface area contributed by atoms with E-state index in [2.05, 4.69) is 90.9 Å². The van der Waals surface area contributed by atoms with Gasteiger partial charge in [-0.2, -0.15) is 0 Å². The Morgan fingerprint density at radius 1 is 0.902 bits per heavy atom. The summed E-state index contributed by atoms with van der Waals surface area (Å²) >= 11 is 0. The first-order valence-electron chi connectivity index (χ1n) is 15.1. The van der Waals surface area contributed by atoms with Crippen molar-refractivity contribution in [2.75, 3.05) is 19.8 Å². The molecule has 0 radical (unpaired) electrons. The summed E-state index contributed by atoms with van der Waals surface area (Å²) in [4.78, 5) is 7.77. The van der Waals surface area contributed by atoms with Crippen LogP contribution in [-0.2, 0) is 26.1 Å². The van der Waals surface area contributed by atoms with E-state index in [1.54, 1.807) is 0 Å². The number of hydrogen-bond donors (Lipinski definition) is 0. The van der Waals surface area contributed by atoms with Gasteiger partial charge >= 0.3 is 0 Å². The maximum absolute atomic E-state index is 5.95. The molecule has 1 atom stereocenters. The van der Waals surface area contributed by atoms with E-state index in [9.17, 15) is 0 Å². The molecule has 2 heterocycles. The monoisotopic (exact) mass is 553 g/mol. The predicted molar refractivity (Wildman–Crippen MR) is 165 cm³/mol. The van der Waals surface area contributed by atoms with Crippen molar-refractivity contribution in [3.63, 3.8) is 0 Å². The van der Waals surface area contributed by atoms with Gasteiger partial charge in [0.1, 0.15) is 24.8 Å². The second kappa shape index (κ2) is 13.7. The Labute approximate surface area is 244 Å². The molecule has 6 heteroatoms. The normalized spacial score (nSPS) is 13.4. The molecule has 0 spiro atoms. The highest BCUT2D eigenvalue weighted by molar-refractivity contribution is 5.57. The highest BCUT2D eigenvalue weighted by Crippen LogP contribution is 2.36. The quantitative estimate of drug-likeness (QED) is 0.169. The standard InChI is InChI=1S/C35H43N3O3/c1-5-8-19-38-32(31(6-2)36-35(38)28-14-10-9-11-15-28)25-37(24-27-13-12-16-30(22-27)39-7-3)26(4)29-17-18-33-34(23-29)41-21-20-40-33/h9-18,22-23,26H,5-8,19-21,24-25H2,1-4H3. The Kier molecular flexibility index (Phi) is 9.63. The molecular weight excluding hydrogens is 510 g/mol. The van der Waals surface area contributed by atoms with Crippen molar-refractivity contribution in [1.82, 2.24) is 14.5 Å². The summed E-state index contributed by atoms with van der Waals surface area (Å²) < 4.78 is 20.1. The van der Waals surface area contributed by atoms with Crippen molar-refractivity contribution in [2.45, 2.75) is 72.6 Å². The van der Waals surface area contributed by atoms with Gasteiger partial charge in [0.2, 0.25) is 0 Å². The molecule has 4 aromatic rings. The number of fused-ring (bicyclic) bond motifs is 1. The van der Waals surface area contributed by atoms with Crippen LogP contribution in [0.3, 0.4) is 0 Å². The smallest absolute Gasteiger partial charge is 0.161 e. The van der Waals surface area contributed by atoms with E-state index >= 15 is 0 Å². The first kappa shape index (κ1) is 28.7. The predicted octanol–water partition coefficient (Wildman–Crippen LogP) is 7.85. The zero-order valence-electron chi connectivity index (χ0n) is 24.9. The zero-order valence-corrected chi connectivity index (χ0v) is 24.9. The average Bonchev–Trinajstić information content (AvgIpc) is 3.36. The molecule has 0 saturated carbocycles. The van der Waals surface area contributed by atoms with E-state index in [4.69, 9.17) is 19.2 Å². The van der Waals surface area contributed by atoms with Gasteiger partial charge in [0.25, 0.3) is 0 Å². The molecule has 6 nitrogen and oxygen atoms in total. The lowest BCUT2D eigenvalue weighted by atomic mass is 10.0. The maximum atomic E-state index is 5.95. The van der Waals surface area contributed by atoms with Crippen LogP contribution in [0.15, 0.2) is 72.8 Å². The SMILES string of the molecule is CCCCn1c(-c2ccccc2)nc(CC)c1CN(Cc1cccc(OCC)c1)C(C)c1ccc2c(c1)OCCO2. The molecular formula is C35H43N3O3. The van der Waals surface area contributed by atoms with Crippen molar-refractivity contribution >= 4 is 0 Å². The minimum Gasteiger partial charge on any atom is -0.494 e. The Hall–Kier alpha value is -3.77. The summed E-state index contributed by atoms with van der Waals surface area (Å²) in [6.45, 7) is 13.1. The number of unbranched alkanes of at least 4 members (excludes halogenated alkanes) is 1. The lowest BCUT2D eigenvalue weighted by molar-refractivity contribution is 0.168. The van der Waals surface area contributed by atoms with Gasteiger partial charge in [-0.15, -0.1) is 0 Å². The van der Waals surface area contributed by atoms with Crippen LogP contribution in [0.25, 0.3) is 11.4 Å². The second-order valence-corrected chi connectivity index (χ2v) is 10.6. The number of aryl methyl sites for hydroxylation is 1. The molecule has 1 unspecified atom stereocenters. The molecule has 0 amide bonds. The van der Waals surface area contributed by atoms with Crippen LogP contribution in [0.4, 0.5) is 0 Å². The van der Waals surface area contributed by atoms with Gasteiger partial charge in [0.05, 0.1) is 18.0 Å². The third-order valence-corrected chi connectivity index (χ3v) is 7.80. The number of imidazole rings is 1. The molecule has 0 fully saturated rings. The number of aromatic nitrogens is 2. The molecule has 1 aliphatic heterocycles.